The first-order chi connectivity index (χ1) is 12.1. The number of carbonyl (C=O) groups excluding carboxylic acids is 1. The van der Waals surface area contributed by atoms with Crippen LogP contribution in [-0.4, -0.2) is 69.4 Å². The van der Waals surface area contributed by atoms with Gasteiger partial charge >= 0.3 is 0 Å². The summed E-state index contributed by atoms with van der Waals surface area (Å²) in [4.78, 5) is 19.0. The van der Waals surface area contributed by atoms with Crippen molar-refractivity contribution in [3.63, 3.8) is 0 Å². The van der Waals surface area contributed by atoms with E-state index in [1.807, 2.05) is 5.38 Å². The van der Waals surface area contributed by atoms with Gasteiger partial charge in [0.1, 0.15) is 11.8 Å². The number of carbonyl (C=O) groups is 1. The van der Waals surface area contributed by atoms with Gasteiger partial charge in [0.25, 0.3) is 5.91 Å². The van der Waals surface area contributed by atoms with Gasteiger partial charge in [-0.05, 0) is 10.4 Å². The molecule has 1 atom stereocenters. The van der Waals surface area contributed by atoms with E-state index in [4.69, 9.17) is 9.47 Å². The molecule has 0 radical (unpaired) electrons. The zero-order valence-corrected chi connectivity index (χ0v) is 15.4. The van der Waals surface area contributed by atoms with Crippen LogP contribution in [0.1, 0.15) is 47.2 Å². The molecule has 1 saturated heterocycles. The molecule has 9 nitrogen and oxygen atoms in total. The molecule has 0 aromatic carbocycles. The summed E-state index contributed by atoms with van der Waals surface area (Å²) in [6.07, 6.45) is -0.354. The Balaban J connectivity index is 1.70. The van der Waals surface area contributed by atoms with Crippen molar-refractivity contribution < 1.29 is 14.3 Å². The molecule has 2 aromatic heterocycles. The van der Waals surface area contributed by atoms with Crippen molar-refractivity contribution in [3.05, 3.63) is 21.9 Å². The molecule has 136 valence electrons. The molecule has 25 heavy (non-hydrogen) atoms. The molecule has 1 unspecified atom stereocenters. The second-order valence-corrected chi connectivity index (χ2v) is 6.98. The van der Waals surface area contributed by atoms with Crippen molar-refractivity contribution in [3.8, 4) is 0 Å². The molecule has 3 rings (SSSR count). The fourth-order valence-electron chi connectivity index (χ4n) is 2.58. The van der Waals surface area contributed by atoms with Crippen LogP contribution in [0.25, 0.3) is 0 Å². The van der Waals surface area contributed by atoms with Crippen molar-refractivity contribution >= 4 is 17.2 Å². The summed E-state index contributed by atoms with van der Waals surface area (Å²) >= 11 is 1.52. The highest BCUT2D eigenvalue weighted by molar-refractivity contribution is 7.09. The Hall–Kier alpha value is -1.91. The predicted octanol–water partition coefficient (Wildman–Crippen LogP) is 1.11. The predicted molar refractivity (Wildman–Crippen MR) is 90.5 cm³/mol. The van der Waals surface area contributed by atoms with Gasteiger partial charge in [-0.15, -0.1) is 16.4 Å². The quantitative estimate of drug-likeness (QED) is 0.756. The van der Waals surface area contributed by atoms with Crippen LogP contribution in [-0.2, 0) is 16.0 Å². The minimum Gasteiger partial charge on any atom is -0.383 e. The number of tetrazole rings is 1. The lowest BCUT2D eigenvalue weighted by Gasteiger charge is -2.31. The molecular formula is C15H22N6O3S. The number of ether oxygens (including phenoxy) is 2. The van der Waals surface area contributed by atoms with Gasteiger partial charge in [-0.1, -0.05) is 13.8 Å². The Labute approximate surface area is 149 Å². The summed E-state index contributed by atoms with van der Waals surface area (Å²) in [6.45, 7) is 6.55. The molecule has 3 heterocycles. The van der Waals surface area contributed by atoms with E-state index >= 15 is 0 Å². The van der Waals surface area contributed by atoms with Crippen LogP contribution in [0.15, 0.2) is 5.38 Å². The molecule has 2 aromatic rings. The van der Waals surface area contributed by atoms with Crippen LogP contribution < -0.4 is 0 Å². The fraction of sp³-hybridized carbons (Fsp3) is 0.667. The Morgan fingerprint density at radius 2 is 2.36 bits per heavy atom. The van der Waals surface area contributed by atoms with Gasteiger partial charge in [0.05, 0.1) is 31.3 Å². The SMILES string of the molecule is COCCn1nnnc1C1CN(C(=O)c2csc(C(C)C)n2)CCO1. The van der Waals surface area contributed by atoms with E-state index in [0.29, 0.717) is 50.3 Å². The molecule has 1 aliphatic rings. The van der Waals surface area contributed by atoms with E-state index in [9.17, 15) is 4.79 Å². The van der Waals surface area contributed by atoms with E-state index in [-0.39, 0.29) is 12.0 Å². The summed E-state index contributed by atoms with van der Waals surface area (Å²) in [7, 11) is 1.63. The number of thiazole rings is 1. The smallest absolute Gasteiger partial charge is 0.273 e. The Bertz CT molecular complexity index is 716. The second kappa shape index (κ2) is 7.98. The fourth-order valence-corrected chi connectivity index (χ4v) is 3.39. The third-order valence-corrected chi connectivity index (χ3v) is 5.09. The van der Waals surface area contributed by atoms with Crippen LogP contribution in [0.5, 0.6) is 0 Å². The van der Waals surface area contributed by atoms with E-state index < -0.39 is 0 Å². The molecule has 1 amide bonds. The van der Waals surface area contributed by atoms with Crippen LogP contribution in [0.3, 0.4) is 0 Å². The summed E-state index contributed by atoms with van der Waals surface area (Å²) in [5.41, 5.74) is 0.494. The van der Waals surface area contributed by atoms with Gasteiger partial charge in [0.2, 0.25) is 0 Å². The number of amides is 1. The highest BCUT2D eigenvalue weighted by Gasteiger charge is 2.30. The minimum atomic E-state index is -0.354. The summed E-state index contributed by atoms with van der Waals surface area (Å²) in [5.74, 6) is 0.845. The zero-order valence-electron chi connectivity index (χ0n) is 14.6. The third kappa shape index (κ3) is 4.02. The van der Waals surface area contributed by atoms with Crippen LogP contribution in [0.4, 0.5) is 0 Å². The standard InChI is InChI=1S/C15H22N6O3S/c1-10(2)14-16-11(9-25-14)15(22)20-4-7-24-12(8-20)13-17-18-19-21(13)5-6-23-3/h9-10,12H,4-8H2,1-3H3. The monoisotopic (exact) mass is 366 g/mol. The summed E-state index contributed by atoms with van der Waals surface area (Å²) in [6, 6.07) is 0. The Morgan fingerprint density at radius 3 is 3.08 bits per heavy atom. The van der Waals surface area contributed by atoms with Crippen molar-refractivity contribution in [2.45, 2.75) is 32.4 Å². The van der Waals surface area contributed by atoms with Crippen molar-refractivity contribution in [2.24, 2.45) is 0 Å². The average Bonchev–Trinajstić information content (AvgIpc) is 3.28. The molecule has 10 heteroatoms. The second-order valence-electron chi connectivity index (χ2n) is 6.09. The number of nitrogens with zero attached hydrogens (tertiary/aromatic N) is 6. The van der Waals surface area contributed by atoms with Gasteiger partial charge < -0.3 is 14.4 Å². The maximum Gasteiger partial charge on any atom is 0.273 e. The first-order valence-electron chi connectivity index (χ1n) is 8.21. The van der Waals surface area contributed by atoms with Gasteiger partial charge in [-0.3, -0.25) is 4.79 Å². The average molecular weight is 366 g/mol. The lowest BCUT2D eigenvalue weighted by atomic mass is 10.2. The van der Waals surface area contributed by atoms with Gasteiger partial charge in [-0.2, -0.15) is 0 Å². The van der Waals surface area contributed by atoms with Crippen LogP contribution in [0.2, 0.25) is 0 Å². The van der Waals surface area contributed by atoms with Gasteiger partial charge in [0, 0.05) is 25.0 Å². The number of methoxy groups -OCH3 is 1. The normalized spacial score (nSPS) is 18.1. The lowest BCUT2D eigenvalue weighted by Crippen LogP contribution is -2.43. The molecule has 0 bridgehead atoms. The minimum absolute atomic E-state index is 0.0765. The van der Waals surface area contributed by atoms with Crippen molar-refractivity contribution in [1.29, 1.82) is 0 Å². The van der Waals surface area contributed by atoms with Gasteiger partial charge in [0.15, 0.2) is 5.82 Å². The molecule has 0 spiro atoms. The van der Waals surface area contributed by atoms with Gasteiger partial charge in [-0.25, -0.2) is 9.67 Å². The van der Waals surface area contributed by atoms with E-state index in [0.717, 1.165) is 5.01 Å². The molecule has 1 aliphatic heterocycles. The Kier molecular flexibility index (Phi) is 5.71. The third-order valence-electron chi connectivity index (χ3n) is 3.94. The maximum atomic E-state index is 12.7. The highest BCUT2D eigenvalue weighted by Crippen LogP contribution is 2.23. The van der Waals surface area contributed by atoms with Crippen molar-refractivity contribution in [1.82, 2.24) is 30.1 Å². The maximum absolute atomic E-state index is 12.7. The number of hydrogen-bond donors (Lipinski definition) is 0. The van der Waals surface area contributed by atoms with E-state index in [1.54, 1.807) is 16.7 Å². The molecule has 1 fully saturated rings. The number of hydrogen-bond acceptors (Lipinski definition) is 8. The lowest BCUT2D eigenvalue weighted by molar-refractivity contribution is -0.0293. The molecule has 0 N–H and O–H groups in total. The molecule has 0 saturated carbocycles. The number of morpholine rings is 1. The Morgan fingerprint density at radius 1 is 1.52 bits per heavy atom. The number of aromatic nitrogens is 5. The van der Waals surface area contributed by atoms with E-state index in [1.165, 1.54) is 11.3 Å². The van der Waals surface area contributed by atoms with Crippen LogP contribution >= 0.6 is 11.3 Å². The van der Waals surface area contributed by atoms with Crippen LogP contribution in [0, 0.1) is 0 Å². The molecule has 0 aliphatic carbocycles. The zero-order chi connectivity index (χ0) is 17.8. The molecular weight excluding hydrogens is 344 g/mol. The summed E-state index contributed by atoms with van der Waals surface area (Å²) < 4.78 is 12.5. The first kappa shape index (κ1) is 17.9. The topological polar surface area (TPSA) is 95.3 Å². The number of rotatable bonds is 6. The largest absolute Gasteiger partial charge is 0.383 e. The highest BCUT2D eigenvalue weighted by atomic mass is 32.1. The summed E-state index contributed by atoms with van der Waals surface area (Å²) in [5, 5.41) is 14.5. The van der Waals surface area contributed by atoms with E-state index in [2.05, 4.69) is 34.4 Å². The van der Waals surface area contributed by atoms with Crippen molar-refractivity contribution in [2.75, 3.05) is 33.4 Å². The first-order valence-corrected chi connectivity index (χ1v) is 9.09.